The van der Waals surface area contributed by atoms with Crippen molar-refractivity contribution in [3.05, 3.63) is 0 Å². The number of hydrogen-bond donors (Lipinski definition) is 2. The van der Waals surface area contributed by atoms with E-state index in [1.54, 1.807) is 0 Å². The molecule has 7 heteroatoms. The van der Waals surface area contributed by atoms with Crippen molar-refractivity contribution < 1.29 is 23.5 Å². The molecular weight excluding hydrogens is 437 g/mol. The Kier molecular flexibility index (Phi) is 26.1. The molecule has 2 unspecified atom stereocenters. The summed E-state index contributed by atoms with van der Waals surface area (Å²) in [5.41, 5.74) is 0. The van der Waals surface area contributed by atoms with Gasteiger partial charge < -0.3 is 24.0 Å². The third kappa shape index (κ3) is 26.2. The predicted octanol–water partition coefficient (Wildman–Crippen LogP) is 7.43. The van der Waals surface area contributed by atoms with Gasteiger partial charge in [0.25, 0.3) is 0 Å². The summed E-state index contributed by atoms with van der Waals surface area (Å²) in [6.45, 7) is 5.15. The molecule has 33 heavy (non-hydrogen) atoms. The van der Waals surface area contributed by atoms with Crippen molar-refractivity contribution in [1.29, 1.82) is 0 Å². The fourth-order valence-corrected chi connectivity index (χ4v) is 4.56. The van der Waals surface area contributed by atoms with Gasteiger partial charge in [-0.2, -0.15) is 0 Å². The third-order valence-electron chi connectivity index (χ3n) is 5.86. The van der Waals surface area contributed by atoms with E-state index in [1.165, 1.54) is 96.8 Å². The molecule has 0 radical (unpaired) electrons. The summed E-state index contributed by atoms with van der Waals surface area (Å²) < 4.78 is 16.0. The molecule has 0 aliphatic carbocycles. The van der Waals surface area contributed by atoms with E-state index in [0.29, 0.717) is 6.61 Å². The van der Waals surface area contributed by atoms with Crippen molar-refractivity contribution in [2.75, 3.05) is 26.8 Å². The van der Waals surface area contributed by atoms with Crippen LogP contribution in [0.5, 0.6) is 0 Å². The summed E-state index contributed by atoms with van der Waals surface area (Å²) in [6, 6.07) is 0. The fraction of sp³-hybridized carbons (Fsp3) is 0.962. The number of carbonyl (C=O) groups is 1. The largest absolute Gasteiger partial charge is 0.460 e. The number of nitrogens with one attached hydrogen (secondary N) is 1. The molecule has 0 bridgehead atoms. The quantitative estimate of drug-likeness (QED) is 0.0744. The summed E-state index contributed by atoms with van der Waals surface area (Å²) in [5, 5.41) is 3.02. The molecule has 0 aromatic heterocycles. The van der Waals surface area contributed by atoms with Crippen LogP contribution < -0.4 is 5.32 Å². The van der Waals surface area contributed by atoms with E-state index < -0.39 is 8.60 Å². The zero-order chi connectivity index (χ0) is 24.4. The number of rotatable bonds is 26. The zero-order valence-electron chi connectivity index (χ0n) is 22.0. The zero-order valence-corrected chi connectivity index (χ0v) is 22.8. The standard InChI is InChI=1S/C26H54NO5P/c1-4-5-6-7-8-9-10-11-12-13-14-15-16-17-18-19-21-26(32-25(2)28)24-31-33(29)30-23-20-22-27-3/h26-27,29H,4-24H2,1-3H3. The Hall–Kier alpha value is -0.260. The van der Waals surface area contributed by atoms with Crippen LogP contribution in [0.3, 0.4) is 0 Å². The molecule has 2 N–H and O–H groups in total. The molecule has 0 aromatic rings. The lowest BCUT2D eigenvalue weighted by atomic mass is 10.0. The summed E-state index contributed by atoms with van der Waals surface area (Å²) in [4.78, 5) is 21.1. The molecule has 2 atom stereocenters. The molecule has 0 aliphatic rings. The second-order valence-electron chi connectivity index (χ2n) is 9.15. The summed E-state index contributed by atoms with van der Waals surface area (Å²) in [5.74, 6) is -0.308. The van der Waals surface area contributed by atoms with E-state index in [2.05, 4.69) is 12.2 Å². The first kappa shape index (κ1) is 32.7. The van der Waals surface area contributed by atoms with Crippen LogP contribution in [0.15, 0.2) is 0 Å². The Morgan fingerprint density at radius 1 is 0.788 bits per heavy atom. The monoisotopic (exact) mass is 491 g/mol. The minimum Gasteiger partial charge on any atom is -0.460 e. The van der Waals surface area contributed by atoms with Gasteiger partial charge >= 0.3 is 14.6 Å². The van der Waals surface area contributed by atoms with Gasteiger partial charge in [0.05, 0.1) is 13.2 Å². The van der Waals surface area contributed by atoms with Crippen LogP contribution in [-0.2, 0) is 18.6 Å². The van der Waals surface area contributed by atoms with Crippen LogP contribution >= 0.6 is 8.60 Å². The van der Waals surface area contributed by atoms with Crippen molar-refractivity contribution in [2.24, 2.45) is 0 Å². The van der Waals surface area contributed by atoms with Gasteiger partial charge in [-0.25, -0.2) is 0 Å². The lowest BCUT2D eigenvalue weighted by Gasteiger charge is -2.18. The molecule has 0 spiro atoms. The number of unbranched alkanes of at least 4 members (excludes halogenated alkanes) is 15. The average Bonchev–Trinajstić information content (AvgIpc) is 2.79. The van der Waals surface area contributed by atoms with Crippen LogP contribution in [0.25, 0.3) is 0 Å². The molecule has 198 valence electrons. The Morgan fingerprint density at radius 3 is 1.73 bits per heavy atom. The second kappa shape index (κ2) is 26.3. The Morgan fingerprint density at radius 2 is 1.27 bits per heavy atom. The van der Waals surface area contributed by atoms with Crippen molar-refractivity contribution in [3.63, 3.8) is 0 Å². The third-order valence-corrected chi connectivity index (χ3v) is 6.63. The first-order chi connectivity index (χ1) is 16.1. The highest BCUT2D eigenvalue weighted by Gasteiger charge is 2.16. The van der Waals surface area contributed by atoms with E-state index in [-0.39, 0.29) is 18.7 Å². The Balaban J connectivity index is 3.56. The highest BCUT2D eigenvalue weighted by atomic mass is 31.2. The lowest BCUT2D eigenvalue weighted by molar-refractivity contribution is -0.148. The summed E-state index contributed by atoms with van der Waals surface area (Å²) >= 11 is 0. The molecule has 0 heterocycles. The van der Waals surface area contributed by atoms with Gasteiger partial charge in [-0.3, -0.25) is 4.79 Å². The predicted molar refractivity (Wildman–Crippen MR) is 139 cm³/mol. The molecule has 0 rings (SSSR count). The van der Waals surface area contributed by atoms with E-state index in [9.17, 15) is 9.69 Å². The number of carbonyl (C=O) groups excluding carboxylic acids is 1. The van der Waals surface area contributed by atoms with Gasteiger partial charge in [-0.05, 0) is 32.9 Å². The van der Waals surface area contributed by atoms with Gasteiger partial charge in [0, 0.05) is 6.92 Å². The van der Waals surface area contributed by atoms with Gasteiger partial charge in [0.15, 0.2) is 0 Å². The molecule has 0 amide bonds. The maximum absolute atomic E-state index is 11.3. The SMILES string of the molecule is CCCCCCCCCCCCCCCCCCC(COP(O)OCCCNC)OC(C)=O. The molecule has 0 fully saturated rings. The second-order valence-corrected chi connectivity index (χ2v) is 10.1. The van der Waals surface area contributed by atoms with Gasteiger partial charge in [0.1, 0.15) is 6.10 Å². The van der Waals surface area contributed by atoms with Crippen LogP contribution in [0, 0.1) is 0 Å². The Labute approximate surface area is 205 Å². The highest BCUT2D eigenvalue weighted by Crippen LogP contribution is 2.33. The highest BCUT2D eigenvalue weighted by molar-refractivity contribution is 7.40. The van der Waals surface area contributed by atoms with Gasteiger partial charge in [-0.1, -0.05) is 103 Å². The van der Waals surface area contributed by atoms with Crippen LogP contribution in [0.1, 0.15) is 129 Å². The topological polar surface area (TPSA) is 77.0 Å². The molecular formula is C26H54NO5P. The minimum atomic E-state index is -1.91. The molecule has 0 saturated carbocycles. The molecule has 6 nitrogen and oxygen atoms in total. The fourth-order valence-electron chi connectivity index (χ4n) is 3.91. The average molecular weight is 492 g/mol. The minimum absolute atomic E-state index is 0.187. The summed E-state index contributed by atoms with van der Waals surface area (Å²) in [7, 11) is -0.0374. The van der Waals surface area contributed by atoms with E-state index in [4.69, 9.17) is 13.8 Å². The van der Waals surface area contributed by atoms with Crippen molar-refractivity contribution in [2.45, 2.75) is 136 Å². The van der Waals surface area contributed by atoms with Crippen molar-refractivity contribution in [1.82, 2.24) is 5.32 Å². The van der Waals surface area contributed by atoms with Crippen LogP contribution in [0.2, 0.25) is 0 Å². The molecule has 0 saturated heterocycles. The van der Waals surface area contributed by atoms with Crippen LogP contribution in [0.4, 0.5) is 0 Å². The van der Waals surface area contributed by atoms with E-state index >= 15 is 0 Å². The normalized spacial score (nSPS) is 13.2. The first-order valence-electron chi connectivity index (χ1n) is 13.7. The maximum atomic E-state index is 11.3. The first-order valence-corrected chi connectivity index (χ1v) is 14.8. The molecule has 0 aliphatic heterocycles. The number of hydrogen-bond acceptors (Lipinski definition) is 6. The van der Waals surface area contributed by atoms with E-state index in [0.717, 1.165) is 32.2 Å². The van der Waals surface area contributed by atoms with Gasteiger partial charge in [0.2, 0.25) is 0 Å². The number of ether oxygens (including phenoxy) is 1. The van der Waals surface area contributed by atoms with E-state index in [1.807, 2.05) is 7.05 Å². The lowest BCUT2D eigenvalue weighted by Crippen LogP contribution is -2.21. The molecule has 0 aromatic carbocycles. The maximum Gasteiger partial charge on any atom is 0.329 e. The number of esters is 1. The van der Waals surface area contributed by atoms with Crippen molar-refractivity contribution in [3.8, 4) is 0 Å². The Bertz CT molecular complexity index is 414. The van der Waals surface area contributed by atoms with Crippen molar-refractivity contribution >= 4 is 14.6 Å². The van der Waals surface area contributed by atoms with Gasteiger partial charge in [-0.15, -0.1) is 0 Å². The van der Waals surface area contributed by atoms with Crippen LogP contribution in [-0.4, -0.2) is 43.8 Å². The summed E-state index contributed by atoms with van der Waals surface area (Å²) in [6.07, 6.45) is 22.6. The smallest absolute Gasteiger partial charge is 0.329 e.